The summed E-state index contributed by atoms with van der Waals surface area (Å²) in [5, 5.41) is 0. The summed E-state index contributed by atoms with van der Waals surface area (Å²) in [6.07, 6.45) is 105. The zero-order chi connectivity index (χ0) is 65.5. The molecule has 9 nitrogen and oxygen atoms in total. The third-order valence-corrected chi connectivity index (χ3v) is 15.7. The van der Waals surface area contributed by atoms with E-state index in [2.05, 4.69) is 184 Å². The van der Waals surface area contributed by atoms with E-state index in [1.54, 1.807) is 0 Å². The number of nitrogens with zero attached hydrogens (tertiary/aromatic N) is 1. The molecule has 0 saturated heterocycles. The van der Waals surface area contributed by atoms with Crippen LogP contribution < -0.4 is 0 Å². The van der Waals surface area contributed by atoms with Crippen molar-refractivity contribution in [3.63, 3.8) is 0 Å². The Morgan fingerprint density at radius 3 is 0.944 bits per heavy atom. The molecule has 2 atom stereocenters. The van der Waals surface area contributed by atoms with E-state index >= 15 is 0 Å². The lowest BCUT2D eigenvalue weighted by Crippen LogP contribution is -2.37. The van der Waals surface area contributed by atoms with Crippen LogP contribution in [0.15, 0.2) is 170 Å². The van der Waals surface area contributed by atoms with Crippen LogP contribution in [-0.2, 0) is 32.7 Å². The topological polar surface area (TPSA) is 108 Å². The van der Waals surface area contributed by atoms with Crippen molar-refractivity contribution in [3.05, 3.63) is 170 Å². The summed E-state index contributed by atoms with van der Waals surface area (Å²) in [6, 6.07) is 0. The van der Waals surface area contributed by atoms with Gasteiger partial charge in [-0.25, -0.2) is 4.57 Å². The number of phosphoric acid groups is 1. The summed E-state index contributed by atoms with van der Waals surface area (Å²) in [5.74, 6) is -0.834. The predicted octanol–water partition coefficient (Wildman–Crippen LogP) is 23.7. The Balaban J connectivity index is 4.17. The molecule has 0 aliphatic heterocycles. The maximum absolute atomic E-state index is 12.9. The van der Waals surface area contributed by atoms with E-state index in [1.807, 2.05) is 21.1 Å². The lowest BCUT2D eigenvalue weighted by atomic mass is 10.0. The Morgan fingerprint density at radius 1 is 0.356 bits per heavy atom. The van der Waals surface area contributed by atoms with E-state index in [-0.39, 0.29) is 32.0 Å². The molecule has 0 aliphatic rings. The second-order valence-electron chi connectivity index (χ2n) is 24.5. The summed E-state index contributed by atoms with van der Waals surface area (Å²) < 4.78 is 34.7. The number of rotatable bonds is 64. The van der Waals surface area contributed by atoms with E-state index in [0.29, 0.717) is 17.4 Å². The highest BCUT2D eigenvalue weighted by atomic mass is 31.2. The van der Waals surface area contributed by atoms with Gasteiger partial charge in [-0.05, 0) is 135 Å². The molecule has 0 saturated carbocycles. The molecule has 0 bridgehead atoms. The smallest absolute Gasteiger partial charge is 0.462 e. The van der Waals surface area contributed by atoms with Crippen molar-refractivity contribution in [2.24, 2.45) is 0 Å². The van der Waals surface area contributed by atoms with Crippen LogP contribution >= 0.6 is 7.82 Å². The summed E-state index contributed by atoms with van der Waals surface area (Å²) in [7, 11) is 1.44. The van der Waals surface area contributed by atoms with Gasteiger partial charge in [0.25, 0.3) is 0 Å². The number of allylic oxidation sites excluding steroid dienone is 28. The number of hydrogen-bond acceptors (Lipinski definition) is 7. The van der Waals surface area contributed by atoms with Crippen LogP contribution in [0.3, 0.4) is 0 Å². The van der Waals surface area contributed by atoms with Gasteiger partial charge in [0.05, 0.1) is 27.7 Å². The molecule has 2 unspecified atom stereocenters. The minimum atomic E-state index is -4.41. The average molecular weight is 1270 g/mol. The van der Waals surface area contributed by atoms with E-state index < -0.39 is 26.5 Å². The minimum absolute atomic E-state index is 0.0180. The molecule has 0 fully saturated rings. The summed E-state index contributed by atoms with van der Waals surface area (Å²) in [4.78, 5) is 35.9. The second-order valence-corrected chi connectivity index (χ2v) is 26.0. The number of likely N-dealkylation sites (N-methyl/N-ethyl adjacent to an activating group) is 1. The molecule has 0 rings (SSSR count). The van der Waals surface area contributed by atoms with Crippen LogP contribution in [0, 0.1) is 0 Å². The molecule has 1 N–H and O–H groups in total. The molecule has 0 amide bonds. The highest BCUT2D eigenvalue weighted by Crippen LogP contribution is 2.43. The fourth-order valence-electron chi connectivity index (χ4n) is 9.26. The maximum Gasteiger partial charge on any atom is 0.472 e. The van der Waals surface area contributed by atoms with Gasteiger partial charge < -0.3 is 18.9 Å². The highest BCUT2D eigenvalue weighted by molar-refractivity contribution is 7.47. The number of phosphoric ester groups is 1. The van der Waals surface area contributed by atoms with Crippen molar-refractivity contribution in [3.8, 4) is 0 Å². The molecule has 0 spiro atoms. The van der Waals surface area contributed by atoms with E-state index in [1.165, 1.54) is 109 Å². The first-order valence-electron chi connectivity index (χ1n) is 35.9. The Labute approximate surface area is 553 Å². The van der Waals surface area contributed by atoms with Gasteiger partial charge in [0.15, 0.2) is 6.10 Å². The molecule has 0 radical (unpaired) electrons. The van der Waals surface area contributed by atoms with Gasteiger partial charge in [-0.1, -0.05) is 293 Å². The average Bonchev–Trinajstić information content (AvgIpc) is 3.62. The second kappa shape index (κ2) is 68.7. The van der Waals surface area contributed by atoms with E-state index in [9.17, 15) is 19.0 Å². The molecule has 90 heavy (non-hydrogen) atoms. The number of esters is 2. The van der Waals surface area contributed by atoms with Crippen LogP contribution in [-0.4, -0.2) is 74.9 Å². The Morgan fingerprint density at radius 2 is 0.633 bits per heavy atom. The fraction of sp³-hybridized carbons (Fsp3) is 0.625. The van der Waals surface area contributed by atoms with Crippen molar-refractivity contribution < 1.29 is 42.1 Å². The maximum atomic E-state index is 12.9. The quantitative estimate of drug-likeness (QED) is 0.0211. The lowest BCUT2D eigenvalue weighted by molar-refractivity contribution is -0.870. The van der Waals surface area contributed by atoms with Crippen LogP contribution in [0.5, 0.6) is 0 Å². The number of hydrogen-bond donors (Lipinski definition) is 1. The largest absolute Gasteiger partial charge is 0.472 e. The van der Waals surface area contributed by atoms with Crippen molar-refractivity contribution in [2.75, 3.05) is 47.5 Å². The standard InChI is InChI=1S/C80H132NO8P/c1-6-8-10-12-14-16-18-20-22-24-26-28-30-32-33-34-35-36-37-38-39-40-41-42-43-44-45-46-47-49-51-53-55-57-59-61-63-65-67-69-71-73-80(83)89-78(77-88-90(84,85)87-75-74-81(3,4)5)76-86-79(82)72-70-68-66-64-62-60-58-56-54-52-50-48-31-29-27-25-23-21-19-17-15-13-11-9-7-2/h8,10,14,16,19-22,25-28,32-33,35-36,38-39,41-42,44-45,47,49,53,55,59,61,78H,6-7,9,11-13,15,17-18,23-24,29-31,34,37,40,43,46,48,50-52,54,56-58,60,62-77H2,1-5H3/p+1/b10-8-,16-14-,21-19-,22-20-,27-25-,28-26-,33-32-,36-35-,39-38-,42-41-,45-44-,49-47-,55-53-,61-59-. The molecule has 0 aromatic heterocycles. The number of carbonyl (C=O) groups is 2. The normalized spacial score (nSPS) is 14.2. The lowest BCUT2D eigenvalue weighted by Gasteiger charge is -2.24. The van der Waals surface area contributed by atoms with E-state index in [4.69, 9.17) is 18.5 Å². The highest BCUT2D eigenvalue weighted by Gasteiger charge is 2.27. The summed E-state index contributed by atoms with van der Waals surface area (Å²) >= 11 is 0. The van der Waals surface area contributed by atoms with Crippen LogP contribution in [0.25, 0.3) is 0 Å². The van der Waals surface area contributed by atoms with Crippen molar-refractivity contribution in [1.29, 1.82) is 0 Å². The predicted molar refractivity (Wildman–Crippen MR) is 389 cm³/mol. The molecular formula is C80H133NO8P+. The molecule has 10 heteroatoms. The van der Waals surface area contributed by atoms with Gasteiger partial charge in [0.1, 0.15) is 19.8 Å². The first kappa shape index (κ1) is 85.4. The fourth-order valence-corrected chi connectivity index (χ4v) is 10.0. The summed E-state index contributed by atoms with van der Waals surface area (Å²) in [6.45, 7) is 4.27. The Hall–Kier alpha value is -4.63. The third-order valence-electron chi connectivity index (χ3n) is 14.7. The molecule has 0 aliphatic carbocycles. The van der Waals surface area contributed by atoms with Gasteiger partial charge >= 0.3 is 19.8 Å². The Kier molecular flexibility index (Phi) is 65.2. The zero-order valence-electron chi connectivity index (χ0n) is 58.1. The molecule has 510 valence electrons. The van der Waals surface area contributed by atoms with Gasteiger partial charge in [-0.15, -0.1) is 0 Å². The van der Waals surface area contributed by atoms with Gasteiger partial charge in [-0.3, -0.25) is 18.6 Å². The van der Waals surface area contributed by atoms with Gasteiger partial charge in [-0.2, -0.15) is 0 Å². The van der Waals surface area contributed by atoms with Crippen molar-refractivity contribution in [1.82, 2.24) is 0 Å². The van der Waals surface area contributed by atoms with Crippen molar-refractivity contribution >= 4 is 19.8 Å². The first-order chi connectivity index (χ1) is 44.0. The minimum Gasteiger partial charge on any atom is -0.462 e. The van der Waals surface area contributed by atoms with Crippen LogP contribution in [0.2, 0.25) is 0 Å². The van der Waals surface area contributed by atoms with Gasteiger partial charge in [0, 0.05) is 12.8 Å². The zero-order valence-corrected chi connectivity index (χ0v) is 58.9. The van der Waals surface area contributed by atoms with Crippen molar-refractivity contribution in [2.45, 2.75) is 277 Å². The number of unbranched alkanes of at least 4 members (excludes halogenated alkanes) is 22. The van der Waals surface area contributed by atoms with Crippen LogP contribution in [0.1, 0.15) is 271 Å². The molecule has 0 heterocycles. The number of quaternary nitrogens is 1. The number of ether oxygens (including phenoxy) is 2. The van der Waals surface area contributed by atoms with Crippen LogP contribution in [0.4, 0.5) is 0 Å². The Bertz CT molecular complexity index is 2130. The molecular weight excluding hydrogens is 1130 g/mol. The third kappa shape index (κ3) is 72.4. The SMILES string of the molecule is CC/C=C\C/C=C\C/C=C\C/C=C\C/C=C\C/C=C\C/C=C\C/C=C\C/C=C\C/C=C\C/C=C\C/C=C\CCCCCCC(=O)OC(COC(=O)CCCCCCCCCCCCCCC/C=C\C/C=C\CCCCCCC)COP(=O)(O)OCC[N+](C)(C)C. The monoisotopic (exact) mass is 1270 g/mol. The van der Waals surface area contributed by atoms with E-state index in [0.717, 1.165) is 128 Å². The molecule has 0 aromatic rings. The first-order valence-corrected chi connectivity index (χ1v) is 37.4. The molecule has 0 aromatic carbocycles. The summed E-state index contributed by atoms with van der Waals surface area (Å²) in [5.41, 5.74) is 0. The number of carbonyl (C=O) groups excluding carboxylic acids is 2. The van der Waals surface area contributed by atoms with Gasteiger partial charge in [0.2, 0.25) is 0 Å².